The van der Waals surface area contributed by atoms with Gasteiger partial charge in [0.15, 0.2) is 0 Å². The second kappa shape index (κ2) is 3.97. The standard InChI is InChI=1S/C13H25NO2/c1-9-10(6-7-16-9)14-11-8-13(4,15-5)12(11,2)3/h9-11,14H,6-8H2,1-5H3. The highest BCUT2D eigenvalue weighted by Gasteiger charge is 2.58. The molecule has 0 aromatic carbocycles. The summed E-state index contributed by atoms with van der Waals surface area (Å²) in [5, 5.41) is 3.74. The van der Waals surface area contributed by atoms with Gasteiger partial charge in [0.2, 0.25) is 0 Å². The van der Waals surface area contributed by atoms with Gasteiger partial charge in [0, 0.05) is 31.2 Å². The zero-order valence-electron chi connectivity index (χ0n) is 11.2. The molecule has 1 N–H and O–H groups in total. The Morgan fingerprint density at radius 1 is 1.31 bits per heavy atom. The molecule has 2 rings (SSSR count). The molecule has 0 spiro atoms. The minimum Gasteiger partial charge on any atom is -0.378 e. The van der Waals surface area contributed by atoms with Crippen LogP contribution in [0.25, 0.3) is 0 Å². The lowest BCUT2D eigenvalue weighted by Gasteiger charge is -2.60. The lowest BCUT2D eigenvalue weighted by Crippen LogP contribution is -2.69. The first-order valence-electron chi connectivity index (χ1n) is 6.33. The van der Waals surface area contributed by atoms with E-state index in [9.17, 15) is 0 Å². The van der Waals surface area contributed by atoms with Crippen molar-refractivity contribution >= 4 is 0 Å². The first kappa shape index (κ1) is 12.3. The van der Waals surface area contributed by atoms with E-state index in [2.05, 4.69) is 33.0 Å². The summed E-state index contributed by atoms with van der Waals surface area (Å²) in [4.78, 5) is 0. The Balaban J connectivity index is 1.94. The fraction of sp³-hybridized carbons (Fsp3) is 1.00. The first-order valence-corrected chi connectivity index (χ1v) is 6.33. The maximum atomic E-state index is 5.64. The van der Waals surface area contributed by atoms with E-state index in [1.165, 1.54) is 0 Å². The third kappa shape index (κ3) is 1.69. The molecule has 0 radical (unpaired) electrons. The van der Waals surface area contributed by atoms with Crippen LogP contribution in [0, 0.1) is 5.41 Å². The highest BCUT2D eigenvalue weighted by molar-refractivity contribution is 5.12. The molecule has 0 aromatic heterocycles. The number of nitrogens with one attached hydrogen (secondary N) is 1. The molecule has 3 heteroatoms. The van der Waals surface area contributed by atoms with Crippen molar-refractivity contribution in [2.45, 2.75) is 64.3 Å². The lowest BCUT2D eigenvalue weighted by atomic mass is 9.55. The number of hydrogen-bond donors (Lipinski definition) is 1. The Kier molecular flexibility index (Phi) is 3.06. The predicted molar refractivity (Wildman–Crippen MR) is 64.6 cm³/mol. The van der Waals surface area contributed by atoms with Crippen molar-refractivity contribution in [1.29, 1.82) is 0 Å². The topological polar surface area (TPSA) is 30.5 Å². The molecule has 4 atom stereocenters. The summed E-state index contributed by atoms with van der Waals surface area (Å²) < 4.78 is 11.2. The Bertz CT molecular complexity index is 267. The van der Waals surface area contributed by atoms with Crippen LogP contribution in [0.5, 0.6) is 0 Å². The monoisotopic (exact) mass is 227 g/mol. The van der Waals surface area contributed by atoms with Crippen LogP contribution in [0.3, 0.4) is 0 Å². The number of hydrogen-bond acceptors (Lipinski definition) is 3. The molecule has 16 heavy (non-hydrogen) atoms. The van der Waals surface area contributed by atoms with Crippen LogP contribution in [0.4, 0.5) is 0 Å². The van der Waals surface area contributed by atoms with Crippen LogP contribution >= 0.6 is 0 Å². The van der Waals surface area contributed by atoms with Crippen molar-refractivity contribution < 1.29 is 9.47 Å². The summed E-state index contributed by atoms with van der Waals surface area (Å²) in [7, 11) is 1.82. The second-order valence-corrected chi connectivity index (χ2v) is 6.05. The van der Waals surface area contributed by atoms with E-state index in [1.807, 2.05) is 7.11 Å². The van der Waals surface area contributed by atoms with Crippen LogP contribution in [0.2, 0.25) is 0 Å². The van der Waals surface area contributed by atoms with Gasteiger partial charge < -0.3 is 14.8 Å². The molecular formula is C13H25NO2. The molecule has 0 amide bonds. The molecule has 1 heterocycles. The third-order valence-electron chi connectivity index (χ3n) is 5.07. The van der Waals surface area contributed by atoms with E-state index in [-0.39, 0.29) is 11.0 Å². The summed E-state index contributed by atoms with van der Waals surface area (Å²) in [5.74, 6) is 0. The molecular weight excluding hydrogens is 202 g/mol. The maximum Gasteiger partial charge on any atom is 0.0731 e. The van der Waals surface area contributed by atoms with Gasteiger partial charge in [-0.1, -0.05) is 13.8 Å². The van der Waals surface area contributed by atoms with E-state index >= 15 is 0 Å². The lowest BCUT2D eigenvalue weighted by molar-refractivity contribution is -0.182. The quantitative estimate of drug-likeness (QED) is 0.799. The molecule has 2 aliphatic rings. The van der Waals surface area contributed by atoms with Gasteiger partial charge in [-0.15, -0.1) is 0 Å². The van der Waals surface area contributed by atoms with Gasteiger partial charge >= 0.3 is 0 Å². The van der Waals surface area contributed by atoms with Crippen LogP contribution in [-0.2, 0) is 9.47 Å². The molecule has 4 unspecified atom stereocenters. The molecule has 3 nitrogen and oxygen atoms in total. The van der Waals surface area contributed by atoms with Gasteiger partial charge in [-0.2, -0.15) is 0 Å². The van der Waals surface area contributed by atoms with Gasteiger partial charge in [0.05, 0.1) is 11.7 Å². The minimum absolute atomic E-state index is 0.0212. The maximum absolute atomic E-state index is 5.64. The zero-order valence-corrected chi connectivity index (χ0v) is 11.2. The third-order valence-corrected chi connectivity index (χ3v) is 5.07. The molecule has 0 aromatic rings. The van der Waals surface area contributed by atoms with Gasteiger partial charge in [-0.05, 0) is 26.7 Å². The molecule has 1 saturated carbocycles. The Morgan fingerprint density at radius 2 is 2.00 bits per heavy atom. The van der Waals surface area contributed by atoms with Crippen molar-refractivity contribution in [3.8, 4) is 0 Å². The van der Waals surface area contributed by atoms with Crippen LogP contribution in [0.1, 0.15) is 40.5 Å². The molecule has 2 fully saturated rings. The Labute approximate surface area is 98.9 Å². The summed E-state index contributed by atoms with van der Waals surface area (Å²) >= 11 is 0. The Morgan fingerprint density at radius 3 is 2.44 bits per heavy atom. The molecule has 1 aliphatic carbocycles. The summed E-state index contributed by atoms with van der Waals surface area (Å²) in [5.41, 5.74) is 0.220. The SMILES string of the molecule is COC1(C)CC(NC2CCOC2C)C1(C)C. The van der Waals surface area contributed by atoms with Crippen molar-refractivity contribution in [3.63, 3.8) is 0 Å². The Hall–Kier alpha value is -0.120. The van der Waals surface area contributed by atoms with Crippen LogP contribution in [0.15, 0.2) is 0 Å². The van der Waals surface area contributed by atoms with E-state index < -0.39 is 0 Å². The largest absolute Gasteiger partial charge is 0.378 e. The first-order chi connectivity index (χ1) is 7.40. The normalized spacial score (nSPS) is 46.7. The summed E-state index contributed by atoms with van der Waals surface area (Å²) in [6.45, 7) is 9.84. The highest BCUT2D eigenvalue weighted by atomic mass is 16.5. The average Bonchev–Trinajstić information content (AvgIpc) is 2.63. The van der Waals surface area contributed by atoms with Crippen LogP contribution < -0.4 is 5.32 Å². The average molecular weight is 227 g/mol. The number of ether oxygens (including phenoxy) is 2. The van der Waals surface area contributed by atoms with Gasteiger partial charge in [0.25, 0.3) is 0 Å². The van der Waals surface area contributed by atoms with E-state index in [4.69, 9.17) is 9.47 Å². The smallest absolute Gasteiger partial charge is 0.0731 e. The molecule has 0 bridgehead atoms. The predicted octanol–water partition coefficient (Wildman–Crippen LogP) is 1.96. The van der Waals surface area contributed by atoms with Crippen molar-refractivity contribution in [3.05, 3.63) is 0 Å². The number of methoxy groups -OCH3 is 1. The van der Waals surface area contributed by atoms with Crippen molar-refractivity contribution in [2.24, 2.45) is 5.41 Å². The molecule has 1 saturated heterocycles. The minimum atomic E-state index is 0.0212. The van der Waals surface area contributed by atoms with Crippen molar-refractivity contribution in [1.82, 2.24) is 5.32 Å². The fourth-order valence-electron chi connectivity index (χ4n) is 2.97. The molecule has 94 valence electrons. The zero-order chi connectivity index (χ0) is 12.0. The van der Waals surface area contributed by atoms with Gasteiger partial charge in [-0.3, -0.25) is 0 Å². The van der Waals surface area contributed by atoms with Crippen LogP contribution in [-0.4, -0.2) is 37.5 Å². The van der Waals surface area contributed by atoms with Gasteiger partial charge in [-0.25, -0.2) is 0 Å². The summed E-state index contributed by atoms with van der Waals surface area (Å²) in [6, 6.07) is 1.07. The van der Waals surface area contributed by atoms with E-state index in [0.717, 1.165) is 19.4 Å². The molecule has 1 aliphatic heterocycles. The van der Waals surface area contributed by atoms with E-state index in [0.29, 0.717) is 18.2 Å². The second-order valence-electron chi connectivity index (χ2n) is 6.05. The van der Waals surface area contributed by atoms with E-state index in [1.54, 1.807) is 0 Å². The fourth-order valence-corrected chi connectivity index (χ4v) is 2.97. The number of rotatable bonds is 3. The highest BCUT2D eigenvalue weighted by Crippen LogP contribution is 2.51. The van der Waals surface area contributed by atoms with Crippen molar-refractivity contribution in [2.75, 3.05) is 13.7 Å². The van der Waals surface area contributed by atoms with Gasteiger partial charge in [0.1, 0.15) is 0 Å². The summed E-state index contributed by atoms with van der Waals surface area (Å²) in [6.07, 6.45) is 2.59.